The van der Waals surface area contributed by atoms with Crippen LogP contribution < -0.4 is 16.1 Å². The van der Waals surface area contributed by atoms with Crippen molar-refractivity contribution in [2.24, 2.45) is 5.10 Å². The number of carbonyl (C=O) groups is 1. The lowest BCUT2D eigenvalue weighted by Crippen LogP contribution is -2.37. The molecule has 0 aliphatic rings. The van der Waals surface area contributed by atoms with Crippen LogP contribution in [0.4, 0.5) is 4.79 Å². The number of aliphatic hydroxyl groups excluding tert-OH is 1. The van der Waals surface area contributed by atoms with E-state index in [2.05, 4.69) is 21.2 Å². The number of rotatable bonds is 7. The predicted octanol–water partition coefficient (Wildman–Crippen LogP) is -0.393. The van der Waals surface area contributed by atoms with Gasteiger partial charge in [-0.2, -0.15) is 5.10 Å². The lowest BCUT2D eigenvalue weighted by atomic mass is 10.2. The third kappa shape index (κ3) is 7.02. The van der Waals surface area contributed by atoms with E-state index < -0.39 is 6.03 Å². The second-order valence-electron chi connectivity index (χ2n) is 3.69. The number of aromatic hydroxyl groups is 1. The molecule has 1 aromatic carbocycles. The van der Waals surface area contributed by atoms with Gasteiger partial charge in [0.2, 0.25) is 0 Å². The summed E-state index contributed by atoms with van der Waals surface area (Å²) in [7, 11) is 0. The maximum Gasteiger partial charge on any atom is 0.335 e. The zero-order valence-corrected chi connectivity index (χ0v) is 10.5. The van der Waals surface area contributed by atoms with E-state index in [0.29, 0.717) is 19.6 Å². The van der Waals surface area contributed by atoms with Crippen LogP contribution in [0.1, 0.15) is 5.56 Å². The molecule has 0 saturated heterocycles. The summed E-state index contributed by atoms with van der Waals surface area (Å²) in [6.07, 6.45) is 1.48. The molecule has 104 valence electrons. The standard InChI is InChI=1S/C12H18N4O3/c17-8-7-13-5-6-14-12(19)16-15-9-10-1-3-11(18)4-2-10/h1-4,9,13,17-18H,5-8H2,(H2,14,16,19)/b15-9+. The molecule has 5 N–H and O–H groups in total. The maximum absolute atomic E-state index is 11.3. The molecule has 0 unspecified atom stereocenters. The molecule has 2 amide bonds. The van der Waals surface area contributed by atoms with Crippen molar-refractivity contribution in [1.82, 2.24) is 16.1 Å². The number of aliphatic hydroxyl groups is 1. The van der Waals surface area contributed by atoms with E-state index in [1.54, 1.807) is 12.1 Å². The number of benzene rings is 1. The van der Waals surface area contributed by atoms with Gasteiger partial charge in [-0.1, -0.05) is 0 Å². The summed E-state index contributed by atoms with van der Waals surface area (Å²) in [6.45, 7) is 1.60. The number of phenols is 1. The molecule has 1 aromatic rings. The maximum atomic E-state index is 11.3. The molecule has 0 aliphatic carbocycles. The van der Waals surface area contributed by atoms with E-state index in [0.717, 1.165) is 5.56 Å². The van der Waals surface area contributed by atoms with Gasteiger partial charge in [-0.05, 0) is 29.8 Å². The summed E-state index contributed by atoms with van der Waals surface area (Å²) in [5.74, 6) is 0.179. The summed E-state index contributed by atoms with van der Waals surface area (Å²) >= 11 is 0. The van der Waals surface area contributed by atoms with Crippen LogP contribution in [0.2, 0.25) is 0 Å². The van der Waals surface area contributed by atoms with E-state index >= 15 is 0 Å². The molecule has 7 heteroatoms. The monoisotopic (exact) mass is 266 g/mol. The zero-order chi connectivity index (χ0) is 13.9. The number of hydrogen-bond acceptors (Lipinski definition) is 5. The van der Waals surface area contributed by atoms with Crippen LogP contribution >= 0.6 is 0 Å². The highest BCUT2D eigenvalue weighted by Crippen LogP contribution is 2.07. The number of nitrogens with zero attached hydrogens (tertiary/aromatic N) is 1. The first-order valence-electron chi connectivity index (χ1n) is 5.90. The first kappa shape index (κ1) is 14.9. The molecule has 1 rings (SSSR count). The normalized spacial score (nSPS) is 10.6. The highest BCUT2D eigenvalue weighted by atomic mass is 16.3. The summed E-state index contributed by atoms with van der Waals surface area (Å²) in [4.78, 5) is 11.3. The molecule has 0 aliphatic heterocycles. The molecule has 0 radical (unpaired) electrons. The van der Waals surface area contributed by atoms with Gasteiger partial charge < -0.3 is 20.8 Å². The molecule has 0 atom stereocenters. The Balaban J connectivity index is 2.17. The lowest BCUT2D eigenvalue weighted by Gasteiger charge is -2.04. The average Bonchev–Trinajstić information content (AvgIpc) is 2.41. The Labute approximate surface area is 111 Å². The van der Waals surface area contributed by atoms with Crippen molar-refractivity contribution >= 4 is 12.2 Å². The molecule has 0 heterocycles. The number of hydrazone groups is 1. The van der Waals surface area contributed by atoms with E-state index in [-0.39, 0.29) is 12.4 Å². The molecule has 0 aromatic heterocycles. The second kappa shape index (κ2) is 8.90. The number of nitrogens with one attached hydrogen (secondary N) is 3. The molecule has 19 heavy (non-hydrogen) atoms. The van der Waals surface area contributed by atoms with Crippen molar-refractivity contribution in [3.05, 3.63) is 29.8 Å². The van der Waals surface area contributed by atoms with E-state index in [1.807, 2.05) is 0 Å². The number of hydrogen-bond donors (Lipinski definition) is 5. The molecular formula is C12H18N4O3. The first-order valence-corrected chi connectivity index (χ1v) is 5.90. The van der Waals surface area contributed by atoms with E-state index in [4.69, 9.17) is 10.2 Å². The molecule has 0 spiro atoms. The number of carbonyl (C=O) groups excluding carboxylic acids is 1. The van der Waals surface area contributed by atoms with Gasteiger partial charge in [0.15, 0.2) is 0 Å². The van der Waals surface area contributed by atoms with Crippen molar-refractivity contribution in [3.63, 3.8) is 0 Å². The SMILES string of the molecule is O=C(NCCNCCO)N/N=C/c1ccc(O)cc1. The topological polar surface area (TPSA) is 106 Å². The third-order valence-corrected chi connectivity index (χ3v) is 2.15. The van der Waals surface area contributed by atoms with Gasteiger partial charge in [-0.3, -0.25) is 0 Å². The van der Waals surface area contributed by atoms with Crippen LogP contribution in [-0.2, 0) is 0 Å². The van der Waals surface area contributed by atoms with Crippen LogP contribution in [0.25, 0.3) is 0 Å². The Kier molecular flexibility index (Phi) is 7.00. The molecule has 0 saturated carbocycles. The average molecular weight is 266 g/mol. The van der Waals surface area contributed by atoms with Gasteiger partial charge in [0.05, 0.1) is 12.8 Å². The van der Waals surface area contributed by atoms with E-state index in [9.17, 15) is 4.79 Å². The summed E-state index contributed by atoms with van der Waals surface area (Å²) in [5, 5.41) is 26.9. The Morgan fingerprint density at radius 2 is 1.95 bits per heavy atom. The van der Waals surface area contributed by atoms with Crippen LogP contribution in [-0.4, -0.2) is 48.7 Å². The fourth-order valence-electron chi connectivity index (χ4n) is 1.23. The largest absolute Gasteiger partial charge is 0.508 e. The summed E-state index contributed by atoms with van der Waals surface area (Å²) in [6, 6.07) is 6.03. The van der Waals surface area contributed by atoms with Crippen molar-refractivity contribution < 1.29 is 15.0 Å². The first-order chi connectivity index (χ1) is 9.22. The molecule has 0 fully saturated rings. The zero-order valence-electron chi connectivity index (χ0n) is 10.5. The van der Waals surface area contributed by atoms with Gasteiger partial charge in [0.25, 0.3) is 0 Å². The van der Waals surface area contributed by atoms with Gasteiger partial charge in [-0.25, -0.2) is 10.2 Å². The van der Waals surface area contributed by atoms with E-state index in [1.165, 1.54) is 18.3 Å². The van der Waals surface area contributed by atoms with Crippen molar-refractivity contribution in [3.8, 4) is 5.75 Å². The number of amides is 2. The van der Waals surface area contributed by atoms with Crippen LogP contribution in [0.15, 0.2) is 29.4 Å². The Bertz CT molecular complexity index is 406. The summed E-state index contributed by atoms with van der Waals surface area (Å²) in [5.41, 5.74) is 3.08. The third-order valence-electron chi connectivity index (χ3n) is 2.15. The van der Waals surface area contributed by atoms with Gasteiger partial charge in [0.1, 0.15) is 5.75 Å². The van der Waals surface area contributed by atoms with Crippen molar-refractivity contribution in [1.29, 1.82) is 0 Å². The highest BCUT2D eigenvalue weighted by Gasteiger charge is 1.96. The minimum absolute atomic E-state index is 0.0725. The Morgan fingerprint density at radius 3 is 2.63 bits per heavy atom. The van der Waals surface area contributed by atoms with Crippen LogP contribution in [0, 0.1) is 0 Å². The van der Waals surface area contributed by atoms with Crippen LogP contribution in [0.3, 0.4) is 0 Å². The van der Waals surface area contributed by atoms with Gasteiger partial charge in [-0.15, -0.1) is 0 Å². The van der Waals surface area contributed by atoms with Crippen molar-refractivity contribution in [2.45, 2.75) is 0 Å². The minimum atomic E-state index is -0.402. The minimum Gasteiger partial charge on any atom is -0.508 e. The van der Waals surface area contributed by atoms with Gasteiger partial charge >= 0.3 is 6.03 Å². The number of urea groups is 1. The second-order valence-corrected chi connectivity index (χ2v) is 3.69. The van der Waals surface area contributed by atoms with Crippen LogP contribution in [0.5, 0.6) is 5.75 Å². The molecular weight excluding hydrogens is 248 g/mol. The Hall–Kier alpha value is -2.12. The van der Waals surface area contributed by atoms with Gasteiger partial charge in [0, 0.05) is 19.6 Å². The number of phenolic OH excluding ortho intramolecular Hbond substituents is 1. The fourth-order valence-corrected chi connectivity index (χ4v) is 1.23. The quantitative estimate of drug-likeness (QED) is 0.263. The highest BCUT2D eigenvalue weighted by molar-refractivity contribution is 5.81. The fraction of sp³-hybridized carbons (Fsp3) is 0.333. The molecule has 7 nitrogen and oxygen atoms in total. The Morgan fingerprint density at radius 1 is 1.21 bits per heavy atom. The smallest absolute Gasteiger partial charge is 0.335 e. The predicted molar refractivity (Wildman–Crippen MR) is 72.2 cm³/mol. The van der Waals surface area contributed by atoms with Crippen molar-refractivity contribution in [2.75, 3.05) is 26.2 Å². The summed E-state index contributed by atoms with van der Waals surface area (Å²) < 4.78 is 0. The lowest BCUT2D eigenvalue weighted by molar-refractivity contribution is 0.241. The molecule has 0 bridgehead atoms.